The van der Waals surface area contributed by atoms with E-state index in [0.717, 1.165) is 27.5 Å². The fourth-order valence-corrected chi connectivity index (χ4v) is 5.37. The Kier molecular flexibility index (Phi) is 6.85. The van der Waals surface area contributed by atoms with Gasteiger partial charge >= 0.3 is 0 Å². The van der Waals surface area contributed by atoms with Gasteiger partial charge in [-0.1, -0.05) is 18.2 Å². The molecule has 1 aliphatic rings. The number of anilines is 1. The lowest BCUT2D eigenvalue weighted by Gasteiger charge is -2.17. The van der Waals surface area contributed by atoms with E-state index in [0.29, 0.717) is 20.9 Å². The van der Waals surface area contributed by atoms with Gasteiger partial charge in [-0.25, -0.2) is 9.98 Å². The van der Waals surface area contributed by atoms with Crippen molar-refractivity contribution in [1.29, 1.82) is 0 Å². The number of rotatable bonds is 5. The van der Waals surface area contributed by atoms with Crippen LogP contribution in [-0.4, -0.2) is 16.1 Å². The molecule has 0 N–H and O–H groups in total. The molecule has 7 heteroatoms. The Morgan fingerprint density at radius 2 is 1.69 bits per heavy atom. The molecule has 1 fully saturated rings. The Morgan fingerprint density at radius 1 is 0.917 bits per heavy atom. The first-order chi connectivity index (χ1) is 17.4. The van der Waals surface area contributed by atoms with E-state index < -0.39 is 0 Å². The number of pyridine rings is 1. The molecule has 0 unspecified atom stereocenters. The smallest absolute Gasteiger partial charge is 0.271 e. The number of benzene rings is 2. The highest BCUT2D eigenvalue weighted by Crippen LogP contribution is 2.38. The molecule has 0 atom stereocenters. The molecule has 3 heterocycles. The molecule has 4 aromatic rings. The number of nitrogens with zero attached hydrogens (tertiary/aromatic N) is 3. The second kappa shape index (κ2) is 10.2. The number of amides is 1. The van der Waals surface area contributed by atoms with E-state index >= 15 is 0 Å². The number of thioether (sulfide) groups is 1. The first kappa shape index (κ1) is 24.2. The Morgan fingerprint density at radius 3 is 2.42 bits per heavy atom. The minimum absolute atomic E-state index is 0.124. The molecule has 0 spiro atoms. The number of amidine groups is 1. The molecular weight excluding hydrogens is 486 g/mol. The van der Waals surface area contributed by atoms with E-state index in [4.69, 9.17) is 9.41 Å². The Balaban J connectivity index is 1.49. The number of aryl methyl sites for hydroxylation is 4. The minimum atomic E-state index is -0.124. The van der Waals surface area contributed by atoms with Crippen LogP contribution in [0.5, 0.6) is 0 Å². The molecule has 1 aliphatic heterocycles. The van der Waals surface area contributed by atoms with Crippen LogP contribution < -0.4 is 4.90 Å². The van der Waals surface area contributed by atoms with Crippen molar-refractivity contribution in [3.63, 3.8) is 0 Å². The van der Waals surface area contributed by atoms with Gasteiger partial charge in [0.15, 0.2) is 10.3 Å². The van der Waals surface area contributed by atoms with Crippen LogP contribution in [-0.2, 0) is 4.79 Å². The van der Waals surface area contributed by atoms with E-state index in [9.17, 15) is 4.79 Å². The van der Waals surface area contributed by atoms with Crippen molar-refractivity contribution < 1.29 is 9.21 Å². The standard InChI is InChI=1S/C29H25N3O2S2/c1-18-8-10-22(15-20(18)3)31-29-32(23-11-9-19(2)21(4)16-23)28(33)25(35-29)17-24-12-13-27(34-24)36-26-7-5-6-14-30-26/h5-17H,1-4H3/b25-17-,31-29?. The van der Waals surface area contributed by atoms with E-state index in [1.54, 1.807) is 17.2 Å². The number of aliphatic imine (C=N–C) groups is 1. The number of carbonyl (C=O) groups is 1. The lowest BCUT2D eigenvalue weighted by atomic mass is 10.1. The quantitative estimate of drug-likeness (QED) is 0.255. The highest BCUT2D eigenvalue weighted by Gasteiger charge is 2.35. The fourth-order valence-electron chi connectivity index (χ4n) is 3.65. The molecule has 0 bridgehead atoms. The van der Waals surface area contributed by atoms with E-state index in [2.05, 4.69) is 31.8 Å². The second-order valence-electron chi connectivity index (χ2n) is 8.61. The predicted molar refractivity (Wildman–Crippen MR) is 149 cm³/mol. The first-order valence-corrected chi connectivity index (χ1v) is 13.2. The highest BCUT2D eigenvalue weighted by molar-refractivity contribution is 8.19. The van der Waals surface area contributed by atoms with Crippen LogP contribution in [0, 0.1) is 27.7 Å². The minimum Gasteiger partial charge on any atom is -0.450 e. The number of furan rings is 1. The molecule has 5 nitrogen and oxygen atoms in total. The van der Waals surface area contributed by atoms with Crippen LogP contribution in [0.25, 0.3) is 6.08 Å². The number of hydrogen-bond donors (Lipinski definition) is 0. The van der Waals surface area contributed by atoms with Crippen molar-refractivity contribution in [1.82, 2.24) is 4.98 Å². The van der Waals surface area contributed by atoms with E-state index in [1.807, 2.05) is 67.6 Å². The van der Waals surface area contributed by atoms with Gasteiger partial charge in [0, 0.05) is 12.3 Å². The Bertz CT molecular complexity index is 1510. The van der Waals surface area contributed by atoms with Crippen LogP contribution in [0.1, 0.15) is 28.0 Å². The molecule has 0 radical (unpaired) electrons. The predicted octanol–water partition coefficient (Wildman–Crippen LogP) is 7.87. The third kappa shape index (κ3) is 5.17. The van der Waals surface area contributed by atoms with Gasteiger partial charge < -0.3 is 4.42 Å². The van der Waals surface area contributed by atoms with Crippen LogP contribution >= 0.6 is 23.5 Å². The van der Waals surface area contributed by atoms with E-state index in [-0.39, 0.29) is 5.91 Å². The van der Waals surface area contributed by atoms with Gasteiger partial charge in [-0.3, -0.25) is 9.69 Å². The van der Waals surface area contributed by atoms with Crippen molar-refractivity contribution in [3.05, 3.63) is 106 Å². The summed E-state index contributed by atoms with van der Waals surface area (Å²) >= 11 is 2.79. The van der Waals surface area contributed by atoms with Crippen LogP contribution in [0.4, 0.5) is 11.4 Å². The SMILES string of the molecule is Cc1ccc(N=C2S/C(=C\c3ccc(Sc4ccccn4)o3)C(=O)N2c2ccc(C)c(C)c2)cc1C. The monoisotopic (exact) mass is 511 g/mol. The topological polar surface area (TPSA) is 58.7 Å². The maximum atomic E-state index is 13.6. The summed E-state index contributed by atoms with van der Waals surface area (Å²) in [6.45, 7) is 8.25. The van der Waals surface area contributed by atoms with Crippen molar-refractivity contribution in [2.75, 3.05) is 4.90 Å². The van der Waals surface area contributed by atoms with Gasteiger partial charge in [0.1, 0.15) is 10.8 Å². The summed E-state index contributed by atoms with van der Waals surface area (Å²) in [6, 6.07) is 21.6. The molecule has 0 aliphatic carbocycles. The zero-order valence-electron chi connectivity index (χ0n) is 20.5. The lowest BCUT2D eigenvalue weighted by Crippen LogP contribution is -2.28. The van der Waals surface area contributed by atoms with Crippen molar-refractivity contribution in [2.45, 2.75) is 37.8 Å². The van der Waals surface area contributed by atoms with Crippen LogP contribution in [0.2, 0.25) is 0 Å². The molecule has 5 rings (SSSR count). The molecular formula is C29H25N3O2S2. The molecule has 2 aromatic heterocycles. The molecule has 2 aromatic carbocycles. The van der Waals surface area contributed by atoms with E-state index in [1.165, 1.54) is 34.7 Å². The fraction of sp³-hybridized carbons (Fsp3) is 0.138. The maximum absolute atomic E-state index is 13.6. The maximum Gasteiger partial charge on any atom is 0.271 e. The Hall–Kier alpha value is -3.55. The van der Waals surface area contributed by atoms with Gasteiger partial charge in [-0.15, -0.1) is 0 Å². The van der Waals surface area contributed by atoms with Crippen LogP contribution in [0.3, 0.4) is 0 Å². The molecule has 1 amide bonds. The first-order valence-electron chi connectivity index (χ1n) is 11.5. The molecule has 0 saturated carbocycles. The Labute approximate surface area is 219 Å². The summed E-state index contributed by atoms with van der Waals surface area (Å²) in [6.07, 6.45) is 3.53. The van der Waals surface area contributed by atoms with Crippen molar-refractivity contribution in [3.8, 4) is 0 Å². The summed E-state index contributed by atoms with van der Waals surface area (Å²) in [5.41, 5.74) is 6.28. The zero-order chi connectivity index (χ0) is 25.2. The number of aromatic nitrogens is 1. The molecule has 1 saturated heterocycles. The second-order valence-corrected chi connectivity index (χ2v) is 10.6. The molecule has 180 valence electrons. The zero-order valence-corrected chi connectivity index (χ0v) is 22.1. The number of carbonyl (C=O) groups excluding carboxylic acids is 1. The summed E-state index contributed by atoms with van der Waals surface area (Å²) < 4.78 is 5.98. The van der Waals surface area contributed by atoms with Crippen molar-refractivity contribution in [2.24, 2.45) is 4.99 Å². The summed E-state index contributed by atoms with van der Waals surface area (Å²) in [4.78, 5) is 25.1. The average molecular weight is 512 g/mol. The number of hydrogen-bond acceptors (Lipinski definition) is 6. The average Bonchev–Trinajstić information content (AvgIpc) is 3.42. The van der Waals surface area contributed by atoms with Gasteiger partial charge in [0.25, 0.3) is 5.91 Å². The molecule has 36 heavy (non-hydrogen) atoms. The third-order valence-electron chi connectivity index (χ3n) is 5.99. The summed E-state index contributed by atoms with van der Waals surface area (Å²) in [7, 11) is 0. The summed E-state index contributed by atoms with van der Waals surface area (Å²) in [5.74, 6) is 0.484. The normalized spacial score (nSPS) is 15.9. The van der Waals surface area contributed by atoms with Gasteiger partial charge in [-0.05, 0) is 122 Å². The van der Waals surface area contributed by atoms with Gasteiger partial charge in [0.05, 0.1) is 16.3 Å². The largest absolute Gasteiger partial charge is 0.450 e. The van der Waals surface area contributed by atoms with Crippen LogP contribution in [0.15, 0.2) is 97.4 Å². The lowest BCUT2D eigenvalue weighted by molar-refractivity contribution is -0.113. The summed E-state index contributed by atoms with van der Waals surface area (Å²) in [5, 5.41) is 2.18. The van der Waals surface area contributed by atoms with Gasteiger partial charge in [-0.2, -0.15) is 0 Å². The highest BCUT2D eigenvalue weighted by atomic mass is 32.2. The van der Waals surface area contributed by atoms with Crippen molar-refractivity contribution >= 4 is 52.0 Å². The van der Waals surface area contributed by atoms with Gasteiger partial charge in [0.2, 0.25) is 0 Å². The third-order valence-corrected chi connectivity index (χ3v) is 7.83.